The zero-order valence-electron chi connectivity index (χ0n) is 8.72. The fraction of sp³-hybridized carbons (Fsp3) is 0.364. The summed E-state index contributed by atoms with van der Waals surface area (Å²) in [7, 11) is 0. The van der Waals surface area contributed by atoms with E-state index in [0.29, 0.717) is 18.7 Å². The van der Waals surface area contributed by atoms with E-state index in [0.717, 1.165) is 11.3 Å². The molecule has 0 aliphatic carbocycles. The third kappa shape index (κ3) is 4.85. The summed E-state index contributed by atoms with van der Waals surface area (Å²) in [5, 5.41) is 0. The fourth-order valence-electron chi connectivity index (χ4n) is 1.21. The van der Waals surface area contributed by atoms with Gasteiger partial charge in [-0.3, -0.25) is 4.99 Å². The van der Waals surface area contributed by atoms with Crippen LogP contribution in [0, 0.1) is 0 Å². The zero-order valence-corrected chi connectivity index (χ0v) is 9.54. The van der Waals surface area contributed by atoms with Crippen LogP contribution in [0.15, 0.2) is 35.3 Å². The molecular formula is C11H15NO2S. The van der Waals surface area contributed by atoms with Gasteiger partial charge in [0.25, 0.3) is 0 Å². The molecule has 1 aromatic carbocycles. The van der Waals surface area contributed by atoms with Gasteiger partial charge >= 0.3 is 0 Å². The molecule has 15 heavy (non-hydrogen) atoms. The molecule has 0 amide bonds. The molecule has 0 spiro atoms. The molecule has 0 aromatic heterocycles. The van der Waals surface area contributed by atoms with Crippen molar-refractivity contribution >= 4 is 16.8 Å². The van der Waals surface area contributed by atoms with Crippen molar-refractivity contribution in [2.45, 2.75) is 13.3 Å². The molecular weight excluding hydrogens is 210 g/mol. The molecule has 0 radical (unpaired) electrons. The van der Waals surface area contributed by atoms with E-state index in [9.17, 15) is 4.21 Å². The van der Waals surface area contributed by atoms with Gasteiger partial charge in [-0.25, -0.2) is 4.21 Å². The molecule has 4 heteroatoms. The normalized spacial score (nSPS) is 13.9. The van der Waals surface area contributed by atoms with Crippen LogP contribution in [0.25, 0.3) is 0 Å². The summed E-state index contributed by atoms with van der Waals surface area (Å²) >= 11 is -1.69. The highest BCUT2D eigenvalue weighted by Crippen LogP contribution is 2.01. The van der Waals surface area contributed by atoms with Crippen LogP contribution >= 0.6 is 0 Å². The highest BCUT2D eigenvalue weighted by molar-refractivity contribution is 7.79. The second-order valence-electron chi connectivity index (χ2n) is 3.21. The standard InChI is InChI=1S/C11H15NO2S/c1-10(11-6-3-2-4-7-11)12-8-5-9-15(13)14/h2-4,6-7H,5,8-9H2,1H3,(H,13,14). The first kappa shape index (κ1) is 12.1. The molecule has 1 rings (SSSR count). The van der Waals surface area contributed by atoms with Crippen molar-refractivity contribution in [1.82, 2.24) is 0 Å². The van der Waals surface area contributed by atoms with Crippen molar-refractivity contribution in [2.75, 3.05) is 12.3 Å². The number of rotatable bonds is 5. The van der Waals surface area contributed by atoms with Crippen LogP contribution < -0.4 is 0 Å². The van der Waals surface area contributed by atoms with E-state index in [1.54, 1.807) is 0 Å². The van der Waals surface area contributed by atoms with Crippen molar-refractivity contribution in [3.63, 3.8) is 0 Å². The van der Waals surface area contributed by atoms with Crippen LogP contribution in [0.4, 0.5) is 0 Å². The molecule has 1 unspecified atom stereocenters. The minimum atomic E-state index is -1.69. The van der Waals surface area contributed by atoms with Gasteiger partial charge in [-0.2, -0.15) is 0 Å². The molecule has 0 heterocycles. The monoisotopic (exact) mass is 225 g/mol. The van der Waals surface area contributed by atoms with Crippen molar-refractivity contribution in [2.24, 2.45) is 4.99 Å². The maximum atomic E-state index is 10.4. The third-order valence-electron chi connectivity index (χ3n) is 2.02. The number of benzene rings is 1. The van der Waals surface area contributed by atoms with Crippen LogP contribution in [0.2, 0.25) is 0 Å². The second kappa shape index (κ2) is 6.48. The number of aliphatic imine (C=N–C) groups is 1. The molecule has 0 aliphatic heterocycles. The van der Waals surface area contributed by atoms with E-state index < -0.39 is 11.1 Å². The average molecular weight is 225 g/mol. The van der Waals surface area contributed by atoms with Crippen LogP contribution in [0.3, 0.4) is 0 Å². The molecule has 3 nitrogen and oxygen atoms in total. The lowest BCUT2D eigenvalue weighted by Crippen LogP contribution is -2.00. The topological polar surface area (TPSA) is 49.7 Å². The van der Waals surface area contributed by atoms with Crippen LogP contribution in [-0.2, 0) is 11.1 Å². The Labute approximate surface area is 92.5 Å². The van der Waals surface area contributed by atoms with E-state index in [-0.39, 0.29) is 0 Å². The first-order valence-electron chi connectivity index (χ1n) is 4.84. The number of hydrogen-bond acceptors (Lipinski definition) is 2. The van der Waals surface area contributed by atoms with Gasteiger partial charge < -0.3 is 4.55 Å². The molecule has 1 N–H and O–H groups in total. The molecule has 82 valence electrons. The van der Waals surface area contributed by atoms with E-state index in [1.165, 1.54) is 0 Å². The molecule has 1 aromatic rings. The first-order chi connectivity index (χ1) is 7.20. The summed E-state index contributed by atoms with van der Waals surface area (Å²) < 4.78 is 18.9. The smallest absolute Gasteiger partial charge is 0.152 e. The maximum absolute atomic E-state index is 10.4. The average Bonchev–Trinajstić information content (AvgIpc) is 2.25. The predicted octanol–water partition coefficient (Wildman–Crippen LogP) is 2.11. The molecule has 1 atom stereocenters. The first-order valence-corrected chi connectivity index (χ1v) is 6.11. The predicted molar refractivity (Wildman–Crippen MR) is 63.8 cm³/mol. The Kier molecular flexibility index (Phi) is 5.21. The van der Waals surface area contributed by atoms with Crippen molar-refractivity contribution in [3.05, 3.63) is 35.9 Å². The Hall–Kier alpha value is -1.00. The van der Waals surface area contributed by atoms with Crippen molar-refractivity contribution in [3.8, 4) is 0 Å². The van der Waals surface area contributed by atoms with Crippen molar-refractivity contribution in [1.29, 1.82) is 0 Å². The largest absolute Gasteiger partial charge is 0.306 e. The Morgan fingerprint density at radius 1 is 1.40 bits per heavy atom. The lowest BCUT2D eigenvalue weighted by molar-refractivity contribution is 0.562. The molecule has 0 fully saturated rings. The number of hydrogen-bond donors (Lipinski definition) is 1. The SMILES string of the molecule is CC(=NCCCS(=O)O)c1ccccc1. The van der Waals surface area contributed by atoms with Crippen LogP contribution in [0.1, 0.15) is 18.9 Å². The summed E-state index contributed by atoms with van der Waals surface area (Å²) in [6, 6.07) is 9.91. The summed E-state index contributed by atoms with van der Waals surface area (Å²) in [6.07, 6.45) is 0.646. The van der Waals surface area contributed by atoms with Crippen molar-refractivity contribution < 1.29 is 8.76 Å². The Morgan fingerprint density at radius 2 is 2.07 bits per heavy atom. The highest BCUT2D eigenvalue weighted by atomic mass is 32.2. The van der Waals surface area contributed by atoms with Gasteiger partial charge in [-0.1, -0.05) is 30.3 Å². The van der Waals surface area contributed by atoms with E-state index in [2.05, 4.69) is 4.99 Å². The Bertz CT molecular complexity index is 349. The highest BCUT2D eigenvalue weighted by Gasteiger charge is 1.96. The molecule has 0 saturated heterocycles. The quantitative estimate of drug-likeness (QED) is 0.474. The van der Waals surface area contributed by atoms with E-state index in [4.69, 9.17) is 4.55 Å². The van der Waals surface area contributed by atoms with Gasteiger partial charge in [-0.15, -0.1) is 0 Å². The summed E-state index contributed by atoms with van der Waals surface area (Å²) in [4.78, 5) is 4.34. The number of nitrogens with zero attached hydrogens (tertiary/aromatic N) is 1. The Balaban J connectivity index is 2.43. The van der Waals surface area contributed by atoms with Crippen LogP contribution in [0.5, 0.6) is 0 Å². The van der Waals surface area contributed by atoms with Gasteiger partial charge in [0.05, 0.1) is 5.75 Å². The maximum Gasteiger partial charge on any atom is 0.152 e. The molecule has 0 saturated carbocycles. The molecule has 0 bridgehead atoms. The third-order valence-corrected chi connectivity index (χ3v) is 2.66. The van der Waals surface area contributed by atoms with Gasteiger partial charge in [0, 0.05) is 12.3 Å². The van der Waals surface area contributed by atoms with Crippen LogP contribution in [-0.4, -0.2) is 26.8 Å². The fourth-order valence-corrected chi connectivity index (χ4v) is 1.58. The minimum Gasteiger partial charge on any atom is -0.306 e. The van der Waals surface area contributed by atoms with E-state index in [1.807, 2.05) is 37.3 Å². The molecule has 0 aliphatic rings. The minimum absolute atomic E-state index is 0.297. The lowest BCUT2D eigenvalue weighted by Gasteiger charge is -2.00. The van der Waals surface area contributed by atoms with Gasteiger partial charge in [0.2, 0.25) is 0 Å². The zero-order chi connectivity index (χ0) is 11.1. The van der Waals surface area contributed by atoms with E-state index >= 15 is 0 Å². The second-order valence-corrected chi connectivity index (χ2v) is 4.26. The lowest BCUT2D eigenvalue weighted by atomic mass is 10.1. The summed E-state index contributed by atoms with van der Waals surface area (Å²) in [5.41, 5.74) is 2.07. The van der Waals surface area contributed by atoms with Gasteiger partial charge in [0.15, 0.2) is 11.1 Å². The summed E-state index contributed by atoms with van der Waals surface area (Å²) in [6.45, 7) is 2.55. The van der Waals surface area contributed by atoms with Gasteiger partial charge in [0.1, 0.15) is 0 Å². The Morgan fingerprint density at radius 3 is 2.67 bits per heavy atom. The van der Waals surface area contributed by atoms with Gasteiger partial charge in [-0.05, 0) is 18.9 Å². The summed E-state index contributed by atoms with van der Waals surface area (Å²) in [5.74, 6) is 0.297.